The van der Waals surface area contributed by atoms with Crippen LogP contribution in [0.5, 0.6) is 0 Å². The third-order valence-electron chi connectivity index (χ3n) is 4.45. The maximum atomic E-state index is 12.7. The van der Waals surface area contributed by atoms with Gasteiger partial charge < -0.3 is 4.57 Å². The molecule has 0 fully saturated rings. The summed E-state index contributed by atoms with van der Waals surface area (Å²) in [7, 11) is 0. The second-order valence-corrected chi connectivity index (χ2v) is 6.89. The molecule has 1 amide bonds. The van der Waals surface area contributed by atoms with Crippen LogP contribution in [0.3, 0.4) is 0 Å². The van der Waals surface area contributed by atoms with Crippen LogP contribution in [0.1, 0.15) is 21.5 Å². The van der Waals surface area contributed by atoms with E-state index in [2.05, 4.69) is 10.3 Å². The normalized spacial score (nSPS) is 10.9. The van der Waals surface area contributed by atoms with Crippen molar-refractivity contribution in [2.75, 3.05) is 5.32 Å². The summed E-state index contributed by atoms with van der Waals surface area (Å²) >= 11 is 5.99. The molecule has 0 aliphatic rings. The van der Waals surface area contributed by atoms with Crippen molar-refractivity contribution >= 4 is 34.5 Å². The molecule has 1 heterocycles. The third kappa shape index (κ3) is 3.71. The quantitative estimate of drug-likeness (QED) is 0.526. The number of hydrogen-bond acceptors (Lipinski definition) is 2. The minimum atomic E-state index is -0.178. The minimum absolute atomic E-state index is 0.178. The third-order valence-corrected chi connectivity index (χ3v) is 4.70. The standard InChI is InChI=1S/C22H18ClN3O/c1-15-6-10-17(11-7-15)21(27)25-22-24-19-4-2-3-5-20(19)26(22)14-16-8-12-18(23)13-9-16/h2-13H,14H2,1H3,(H,24,25,27). The van der Waals surface area contributed by atoms with Crippen molar-refractivity contribution in [1.29, 1.82) is 0 Å². The monoisotopic (exact) mass is 375 g/mol. The van der Waals surface area contributed by atoms with Crippen molar-refractivity contribution in [3.63, 3.8) is 0 Å². The van der Waals surface area contributed by atoms with Crippen molar-refractivity contribution in [3.8, 4) is 0 Å². The Morgan fingerprint density at radius 1 is 1.00 bits per heavy atom. The summed E-state index contributed by atoms with van der Waals surface area (Å²) in [5.74, 6) is 0.347. The Morgan fingerprint density at radius 3 is 2.44 bits per heavy atom. The van der Waals surface area contributed by atoms with Gasteiger partial charge in [-0.3, -0.25) is 10.1 Å². The van der Waals surface area contributed by atoms with Gasteiger partial charge >= 0.3 is 0 Å². The second-order valence-electron chi connectivity index (χ2n) is 6.46. The van der Waals surface area contributed by atoms with E-state index in [1.54, 1.807) is 0 Å². The Hall–Kier alpha value is -3.11. The van der Waals surface area contributed by atoms with Gasteiger partial charge in [0, 0.05) is 10.6 Å². The van der Waals surface area contributed by atoms with Gasteiger partial charge in [0.25, 0.3) is 5.91 Å². The van der Waals surface area contributed by atoms with E-state index in [4.69, 9.17) is 11.6 Å². The number of anilines is 1. The fourth-order valence-corrected chi connectivity index (χ4v) is 3.11. The fourth-order valence-electron chi connectivity index (χ4n) is 2.98. The number of aryl methyl sites for hydroxylation is 1. The molecule has 27 heavy (non-hydrogen) atoms. The molecular formula is C22H18ClN3O. The lowest BCUT2D eigenvalue weighted by Gasteiger charge is -2.11. The number of imidazole rings is 1. The summed E-state index contributed by atoms with van der Waals surface area (Å²) in [5, 5.41) is 3.65. The number of hydrogen-bond donors (Lipinski definition) is 1. The maximum Gasteiger partial charge on any atom is 0.257 e. The summed E-state index contributed by atoms with van der Waals surface area (Å²) in [6, 6.07) is 23.0. The first-order valence-corrected chi connectivity index (χ1v) is 9.06. The lowest BCUT2D eigenvalue weighted by molar-refractivity contribution is 0.102. The van der Waals surface area contributed by atoms with Crippen molar-refractivity contribution in [3.05, 3.63) is 94.5 Å². The minimum Gasteiger partial charge on any atom is -0.305 e. The van der Waals surface area contributed by atoms with Crippen molar-refractivity contribution in [2.24, 2.45) is 0 Å². The van der Waals surface area contributed by atoms with Crippen molar-refractivity contribution in [1.82, 2.24) is 9.55 Å². The smallest absolute Gasteiger partial charge is 0.257 e. The molecule has 0 saturated carbocycles. The Morgan fingerprint density at radius 2 is 1.70 bits per heavy atom. The number of carbonyl (C=O) groups is 1. The Kier molecular flexibility index (Phi) is 4.65. The largest absolute Gasteiger partial charge is 0.305 e. The van der Waals surface area contributed by atoms with Crippen LogP contribution in [0.15, 0.2) is 72.8 Å². The maximum absolute atomic E-state index is 12.7. The first kappa shape index (κ1) is 17.3. The van der Waals surface area contributed by atoms with Gasteiger partial charge in [0.1, 0.15) is 0 Å². The lowest BCUT2D eigenvalue weighted by Crippen LogP contribution is -2.16. The van der Waals surface area contributed by atoms with Crippen LogP contribution >= 0.6 is 11.6 Å². The summed E-state index contributed by atoms with van der Waals surface area (Å²) in [4.78, 5) is 17.3. The van der Waals surface area contributed by atoms with Gasteiger partial charge in [0.15, 0.2) is 0 Å². The zero-order chi connectivity index (χ0) is 18.8. The van der Waals surface area contributed by atoms with E-state index in [-0.39, 0.29) is 5.91 Å². The number of fused-ring (bicyclic) bond motifs is 1. The molecule has 134 valence electrons. The molecule has 1 aromatic heterocycles. The predicted octanol–water partition coefficient (Wildman–Crippen LogP) is 5.30. The molecule has 4 nitrogen and oxygen atoms in total. The number of nitrogens with one attached hydrogen (secondary N) is 1. The van der Waals surface area contributed by atoms with Gasteiger partial charge in [-0.1, -0.05) is 53.6 Å². The first-order valence-electron chi connectivity index (χ1n) is 8.68. The van der Waals surface area contributed by atoms with Crippen molar-refractivity contribution < 1.29 is 4.79 Å². The summed E-state index contributed by atoms with van der Waals surface area (Å²) < 4.78 is 2.00. The average Bonchev–Trinajstić information content (AvgIpc) is 3.01. The molecule has 4 aromatic rings. The highest BCUT2D eigenvalue weighted by atomic mass is 35.5. The summed E-state index contributed by atoms with van der Waals surface area (Å²) in [6.07, 6.45) is 0. The van der Waals surface area contributed by atoms with Crippen LogP contribution in [0, 0.1) is 6.92 Å². The first-order chi connectivity index (χ1) is 13.1. The number of nitrogens with zero attached hydrogens (tertiary/aromatic N) is 2. The molecule has 0 aliphatic heterocycles. The molecule has 0 spiro atoms. The van der Waals surface area contributed by atoms with Crippen LogP contribution in [0.25, 0.3) is 11.0 Å². The number of halogens is 1. The molecule has 0 aliphatic carbocycles. The summed E-state index contributed by atoms with van der Waals surface area (Å²) in [6.45, 7) is 2.58. The molecule has 0 saturated heterocycles. The fraction of sp³-hybridized carbons (Fsp3) is 0.0909. The molecule has 1 N–H and O–H groups in total. The van der Waals surface area contributed by atoms with Gasteiger partial charge in [-0.25, -0.2) is 4.98 Å². The lowest BCUT2D eigenvalue weighted by atomic mass is 10.1. The highest BCUT2D eigenvalue weighted by Crippen LogP contribution is 2.22. The number of aromatic nitrogens is 2. The van der Waals surface area contributed by atoms with E-state index in [1.165, 1.54) is 0 Å². The van der Waals surface area contributed by atoms with Crippen LogP contribution < -0.4 is 5.32 Å². The SMILES string of the molecule is Cc1ccc(C(=O)Nc2nc3ccccc3n2Cc2ccc(Cl)cc2)cc1. The van der Waals surface area contributed by atoms with Gasteiger partial charge in [0.2, 0.25) is 5.95 Å². The van der Waals surface area contributed by atoms with Crippen LogP contribution in [0.2, 0.25) is 5.02 Å². The topological polar surface area (TPSA) is 46.9 Å². The molecule has 4 rings (SSSR count). The van der Waals surface area contributed by atoms with E-state index < -0.39 is 0 Å². The molecular weight excluding hydrogens is 358 g/mol. The predicted molar refractivity (Wildman–Crippen MR) is 109 cm³/mol. The number of para-hydroxylation sites is 2. The second kappa shape index (κ2) is 7.25. The zero-order valence-corrected chi connectivity index (χ0v) is 15.6. The number of benzene rings is 3. The van der Waals surface area contributed by atoms with E-state index in [0.29, 0.717) is 23.1 Å². The van der Waals surface area contributed by atoms with E-state index in [9.17, 15) is 4.79 Å². The Bertz CT molecular complexity index is 1100. The number of carbonyl (C=O) groups excluding carboxylic acids is 1. The number of amides is 1. The van der Waals surface area contributed by atoms with E-state index >= 15 is 0 Å². The zero-order valence-electron chi connectivity index (χ0n) is 14.8. The molecule has 0 bridgehead atoms. The van der Waals surface area contributed by atoms with Crippen LogP contribution in [0.4, 0.5) is 5.95 Å². The molecule has 5 heteroatoms. The summed E-state index contributed by atoms with van der Waals surface area (Å²) in [5.41, 5.74) is 4.60. The molecule has 3 aromatic carbocycles. The van der Waals surface area contributed by atoms with Crippen LogP contribution in [-0.2, 0) is 6.54 Å². The van der Waals surface area contributed by atoms with Gasteiger partial charge in [-0.05, 0) is 48.9 Å². The Labute approximate surface area is 162 Å². The van der Waals surface area contributed by atoms with E-state index in [0.717, 1.165) is 22.2 Å². The van der Waals surface area contributed by atoms with Gasteiger partial charge in [-0.15, -0.1) is 0 Å². The van der Waals surface area contributed by atoms with Crippen molar-refractivity contribution in [2.45, 2.75) is 13.5 Å². The average molecular weight is 376 g/mol. The van der Waals surface area contributed by atoms with E-state index in [1.807, 2.05) is 84.3 Å². The highest BCUT2D eigenvalue weighted by molar-refractivity contribution is 6.30. The highest BCUT2D eigenvalue weighted by Gasteiger charge is 2.14. The van der Waals surface area contributed by atoms with Gasteiger partial charge in [-0.2, -0.15) is 0 Å². The van der Waals surface area contributed by atoms with Crippen LogP contribution in [-0.4, -0.2) is 15.5 Å². The molecule has 0 radical (unpaired) electrons. The molecule has 0 unspecified atom stereocenters. The molecule has 0 atom stereocenters. The van der Waals surface area contributed by atoms with Gasteiger partial charge in [0.05, 0.1) is 17.6 Å². The Balaban J connectivity index is 1.70. The number of rotatable bonds is 4.